The molecule has 0 spiro atoms. The summed E-state index contributed by atoms with van der Waals surface area (Å²) in [6, 6.07) is 15.0. The first-order valence-corrected chi connectivity index (χ1v) is 7.08. The summed E-state index contributed by atoms with van der Waals surface area (Å²) < 4.78 is 0. The molecule has 1 atom stereocenters. The topological polar surface area (TPSA) is 29.3 Å². The maximum absolute atomic E-state index is 6.35. The Kier molecular flexibility index (Phi) is 4.46. The average molecular weight is 268 g/mol. The predicted octanol–water partition coefficient (Wildman–Crippen LogP) is 3.75. The molecule has 0 saturated heterocycles. The van der Waals surface area contributed by atoms with Crippen molar-refractivity contribution in [3.8, 4) is 0 Å². The lowest BCUT2D eigenvalue weighted by Gasteiger charge is -2.24. The third-order valence-electron chi connectivity index (χ3n) is 3.87. The molecule has 0 fully saturated rings. The molecule has 2 aromatic carbocycles. The second-order valence-corrected chi connectivity index (χ2v) is 5.67. The largest absolute Gasteiger partial charge is 0.373 e. The lowest BCUT2D eigenvalue weighted by atomic mass is 10.0. The van der Waals surface area contributed by atoms with E-state index in [4.69, 9.17) is 5.73 Å². The standard InChI is InChI=1S/C18H24N2/c1-13-6-5-7-17(10-13)20(4)12-18(19)16-9-8-14(2)15(3)11-16/h5-11,18H,12,19H2,1-4H3. The highest BCUT2D eigenvalue weighted by atomic mass is 15.1. The Morgan fingerprint density at radius 2 is 1.75 bits per heavy atom. The van der Waals surface area contributed by atoms with Gasteiger partial charge < -0.3 is 10.6 Å². The van der Waals surface area contributed by atoms with Gasteiger partial charge in [-0.3, -0.25) is 0 Å². The van der Waals surface area contributed by atoms with Gasteiger partial charge in [0, 0.05) is 25.3 Å². The van der Waals surface area contributed by atoms with E-state index >= 15 is 0 Å². The molecule has 2 heteroatoms. The molecule has 0 bridgehead atoms. The molecule has 2 nitrogen and oxygen atoms in total. The zero-order valence-corrected chi connectivity index (χ0v) is 12.9. The van der Waals surface area contributed by atoms with Crippen molar-refractivity contribution in [1.82, 2.24) is 0 Å². The van der Waals surface area contributed by atoms with E-state index in [1.807, 2.05) is 0 Å². The van der Waals surface area contributed by atoms with Crippen molar-refractivity contribution in [3.05, 3.63) is 64.7 Å². The zero-order valence-electron chi connectivity index (χ0n) is 12.9. The first-order valence-electron chi connectivity index (χ1n) is 7.08. The molecule has 2 aromatic rings. The number of benzene rings is 2. The van der Waals surface area contributed by atoms with Crippen LogP contribution in [-0.2, 0) is 0 Å². The Bertz CT molecular complexity index is 590. The van der Waals surface area contributed by atoms with Crippen LogP contribution in [0, 0.1) is 20.8 Å². The van der Waals surface area contributed by atoms with Crippen LogP contribution in [-0.4, -0.2) is 13.6 Å². The summed E-state index contributed by atoms with van der Waals surface area (Å²) in [4.78, 5) is 2.22. The molecule has 20 heavy (non-hydrogen) atoms. The number of nitrogens with zero attached hydrogens (tertiary/aromatic N) is 1. The van der Waals surface area contributed by atoms with Crippen molar-refractivity contribution in [2.75, 3.05) is 18.5 Å². The van der Waals surface area contributed by atoms with Crippen molar-refractivity contribution in [2.24, 2.45) is 5.73 Å². The van der Waals surface area contributed by atoms with Gasteiger partial charge in [-0.05, 0) is 55.2 Å². The van der Waals surface area contributed by atoms with Gasteiger partial charge in [0.1, 0.15) is 0 Å². The van der Waals surface area contributed by atoms with Crippen molar-refractivity contribution in [1.29, 1.82) is 0 Å². The van der Waals surface area contributed by atoms with Gasteiger partial charge in [-0.1, -0.05) is 30.3 Å². The van der Waals surface area contributed by atoms with E-state index in [2.05, 4.69) is 75.2 Å². The second-order valence-electron chi connectivity index (χ2n) is 5.67. The van der Waals surface area contributed by atoms with Crippen molar-refractivity contribution in [2.45, 2.75) is 26.8 Å². The molecule has 106 valence electrons. The maximum Gasteiger partial charge on any atom is 0.0473 e. The number of hydrogen-bond donors (Lipinski definition) is 1. The van der Waals surface area contributed by atoms with Crippen LogP contribution in [0.25, 0.3) is 0 Å². The molecule has 0 heterocycles. The first-order chi connectivity index (χ1) is 9.47. The van der Waals surface area contributed by atoms with E-state index in [9.17, 15) is 0 Å². The van der Waals surface area contributed by atoms with Crippen molar-refractivity contribution >= 4 is 5.69 Å². The quantitative estimate of drug-likeness (QED) is 0.915. The SMILES string of the molecule is Cc1cccc(N(C)CC(N)c2ccc(C)c(C)c2)c1. The van der Waals surface area contributed by atoms with Crippen LogP contribution in [0.5, 0.6) is 0 Å². The van der Waals surface area contributed by atoms with Crippen LogP contribution in [0.2, 0.25) is 0 Å². The van der Waals surface area contributed by atoms with Gasteiger partial charge in [0.05, 0.1) is 0 Å². The Morgan fingerprint density at radius 1 is 1.00 bits per heavy atom. The Morgan fingerprint density at radius 3 is 2.40 bits per heavy atom. The maximum atomic E-state index is 6.35. The molecular weight excluding hydrogens is 244 g/mol. The van der Waals surface area contributed by atoms with Gasteiger partial charge >= 0.3 is 0 Å². The fourth-order valence-electron chi connectivity index (χ4n) is 2.37. The molecule has 0 aliphatic rings. The van der Waals surface area contributed by atoms with Gasteiger partial charge in [-0.2, -0.15) is 0 Å². The molecule has 0 radical (unpaired) electrons. The highest BCUT2D eigenvalue weighted by Crippen LogP contribution is 2.20. The smallest absolute Gasteiger partial charge is 0.0473 e. The van der Waals surface area contributed by atoms with Gasteiger partial charge in [0.15, 0.2) is 0 Å². The molecule has 0 aliphatic carbocycles. The molecular formula is C18H24N2. The van der Waals surface area contributed by atoms with Crippen LogP contribution >= 0.6 is 0 Å². The minimum Gasteiger partial charge on any atom is -0.373 e. The summed E-state index contributed by atoms with van der Waals surface area (Å²) in [7, 11) is 2.09. The summed E-state index contributed by atoms with van der Waals surface area (Å²) in [5.74, 6) is 0. The molecule has 0 aromatic heterocycles. The minimum absolute atomic E-state index is 0.0276. The van der Waals surface area contributed by atoms with E-state index in [-0.39, 0.29) is 6.04 Å². The second kappa shape index (κ2) is 6.10. The molecule has 0 saturated carbocycles. The van der Waals surface area contributed by atoms with Gasteiger partial charge in [0.2, 0.25) is 0 Å². The third kappa shape index (κ3) is 3.40. The highest BCUT2D eigenvalue weighted by molar-refractivity contribution is 5.48. The predicted molar refractivity (Wildman–Crippen MR) is 87.3 cm³/mol. The highest BCUT2D eigenvalue weighted by Gasteiger charge is 2.10. The van der Waals surface area contributed by atoms with E-state index in [1.165, 1.54) is 27.9 Å². The monoisotopic (exact) mass is 268 g/mol. The summed E-state index contributed by atoms with van der Waals surface area (Å²) in [5.41, 5.74) is 12.6. The van der Waals surface area contributed by atoms with E-state index in [0.29, 0.717) is 0 Å². The van der Waals surface area contributed by atoms with Crippen LogP contribution in [0.3, 0.4) is 0 Å². The summed E-state index contributed by atoms with van der Waals surface area (Å²) in [6.45, 7) is 7.19. The van der Waals surface area contributed by atoms with Gasteiger partial charge in [-0.15, -0.1) is 0 Å². The Hall–Kier alpha value is -1.80. The van der Waals surface area contributed by atoms with Crippen molar-refractivity contribution in [3.63, 3.8) is 0 Å². The molecule has 2 N–H and O–H groups in total. The molecule has 0 amide bonds. The van der Waals surface area contributed by atoms with E-state index in [1.54, 1.807) is 0 Å². The van der Waals surface area contributed by atoms with Crippen LogP contribution in [0.15, 0.2) is 42.5 Å². The fraction of sp³-hybridized carbons (Fsp3) is 0.333. The third-order valence-corrected chi connectivity index (χ3v) is 3.87. The summed E-state index contributed by atoms with van der Waals surface area (Å²) in [5, 5.41) is 0. The number of rotatable bonds is 4. The number of aryl methyl sites for hydroxylation is 3. The summed E-state index contributed by atoms with van der Waals surface area (Å²) >= 11 is 0. The van der Waals surface area contributed by atoms with Crippen LogP contribution in [0.4, 0.5) is 5.69 Å². The van der Waals surface area contributed by atoms with E-state index < -0.39 is 0 Å². The zero-order chi connectivity index (χ0) is 14.7. The number of nitrogens with two attached hydrogens (primary N) is 1. The fourth-order valence-corrected chi connectivity index (χ4v) is 2.37. The number of hydrogen-bond acceptors (Lipinski definition) is 2. The average Bonchev–Trinajstić information content (AvgIpc) is 2.41. The van der Waals surface area contributed by atoms with E-state index in [0.717, 1.165) is 6.54 Å². The minimum atomic E-state index is 0.0276. The first kappa shape index (κ1) is 14.6. The lowest BCUT2D eigenvalue weighted by molar-refractivity contribution is 0.702. The summed E-state index contributed by atoms with van der Waals surface area (Å²) in [6.07, 6.45) is 0. The molecule has 2 rings (SSSR count). The van der Waals surface area contributed by atoms with Crippen LogP contribution in [0.1, 0.15) is 28.3 Å². The molecule has 0 aliphatic heterocycles. The Balaban J connectivity index is 2.10. The molecule has 1 unspecified atom stereocenters. The number of anilines is 1. The lowest BCUT2D eigenvalue weighted by Crippen LogP contribution is -2.29. The van der Waals surface area contributed by atoms with Gasteiger partial charge in [-0.25, -0.2) is 0 Å². The van der Waals surface area contributed by atoms with Crippen LogP contribution < -0.4 is 10.6 Å². The van der Waals surface area contributed by atoms with Crippen molar-refractivity contribution < 1.29 is 0 Å². The normalized spacial score (nSPS) is 12.2. The Labute approximate surface area is 122 Å². The number of likely N-dealkylation sites (N-methyl/N-ethyl adjacent to an activating group) is 1. The van der Waals surface area contributed by atoms with Gasteiger partial charge in [0.25, 0.3) is 0 Å².